The van der Waals surface area contributed by atoms with E-state index in [1.54, 1.807) is 0 Å². The van der Waals surface area contributed by atoms with Crippen LogP contribution in [-0.2, 0) is 11.0 Å². The minimum atomic E-state index is -4.40. The van der Waals surface area contributed by atoms with Gasteiger partial charge < -0.3 is 15.8 Å². The summed E-state index contributed by atoms with van der Waals surface area (Å²) in [5.41, 5.74) is 4.89. The summed E-state index contributed by atoms with van der Waals surface area (Å²) in [6.45, 7) is 0.870. The number of alkyl halides is 3. The molecule has 0 aromatic heterocycles. The number of ether oxygens (including phenoxy) is 1. The fraction of sp³-hybridized carbons (Fsp3) is 0.562. The van der Waals surface area contributed by atoms with Gasteiger partial charge >= 0.3 is 6.18 Å². The van der Waals surface area contributed by atoms with Crippen LogP contribution in [0, 0.1) is 11.8 Å². The Bertz CT molecular complexity index is 540. The minimum absolute atomic E-state index is 0. The van der Waals surface area contributed by atoms with Crippen LogP contribution in [0.15, 0.2) is 24.3 Å². The van der Waals surface area contributed by atoms with Crippen molar-refractivity contribution in [3.63, 3.8) is 0 Å². The lowest BCUT2D eigenvalue weighted by molar-refractivity contribution is -0.137. The van der Waals surface area contributed by atoms with Crippen LogP contribution in [0.4, 0.5) is 13.2 Å². The average Bonchev–Trinajstić information content (AvgIpc) is 2.99. The van der Waals surface area contributed by atoms with Crippen LogP contribution in [-0.4, -0.2) is 25.6 Å². The van der Waals surface area contributed by atoms with Gasteiger partial charge in [0.1, 0.15) is 12.4 Å². The molecule has 24 heavy (non-hydrogen) atoms. The molecule has 0 spiro atoms. The second kappa shape index (κ2) is 9.13. The highest BCUT2D eigenvalue weighted by molar-refractivity contribution is 5.85. The molecule has 0 unspecified atom stereocenters. The predicted molar refractivity (Wildman–Crippen MR) is 87.1 cm³/mol. The average molecular weight is 367 g/mol. The summed E-state index contributed by atoms with van der Waals surface area (Å²) < 4.78 is 43.0. The van der Waals surface area contributed by atoms with Crippen LogP contribution in [0.1, 0.15) is 24.8 Å². The van der Waals surface area contributed by atoms with Gasteiger partial charge in [-0.25, -0.2) is 0 Å². The van der Waals surface area contributed by atoms with E-state index in [1.165, 1.54) is 12.1 Å². The monoisotopic (exact) mass is 366 g/mol. The first-order chi connectivity index (χ1) is 10.9. The maximum absolute atomic E-state index is 12.6. The molecule has 1 aliphatic carbocycles. The van der Waals surface area contributed by atoms with Crippen molar-refractivity contribution in [1.82, 2.24) is 5.32 Å². The van der Waals surface area contributed by atoms with Gasteiger partial charge in [0.05, 0.1) is 12.1 Å². The fourth-order valence-corrected chi connectivity index (χ4v) is 2.90. The van der Waals surface area contributed by atoms with Crippen LogP contribution >= 0.6 is 12.4 Å². The van der Waals surface area contributed by atoms with Gasteiger partial charge in [0.25, 0.3) is 0 Å². The molecule has 1 aromatic carbocycles. The topological polar surface area (TPSA) is 64.4 Å². The lowest BCUT2D eigenvalue weighted by atomic mass is 9.95. The summed E-state index contributed by atoms with van der Waals surface area (Å²) in [5.74, 6) is 0.244. The maximum atomic E-state index is 12.6. The van der Waals surface area contributed by atoms with Gasteiger partial charge in [0.2, 0.25) is 5.91 Å². The van der Waals surface area contributed by atoms with Crippen molar-refractivity contribution in [2.45, 2.75) is 25.4 Å². The van der Waals surface area contributed by atoms with Crippen molar-refractivity contribution in [3.8, 4) is 5.75 Å². The van der Waals surface area contributed by atoms with Gasteiger partial charge in [-0.05, 0) is 43.5 Å². The van der Waals surface area contributed by atoms with E-state index in [2.05, 4.69) is 5.32 Å². The van der Waals surface area contributed by atoms with E-state index in [1.807, 2.05) is 0 Å². The Balaban J connectivity index is 0.00000288. The molecule has 1 saturated carbocycles. The van der Waals surface area contributed by atoms with Gasteiger partial charge in [0, 0.05) is 5.92 Å². The van der Waals surface area contributed by atoms with Crippen LogP contribution in [0.25, 0.3) is 0 Å². The molecule has 0 saturated heterocycles. The Labute approximate surface area is 145 Å². The maximum Gasteiger partial charge on any atom is 0.416 e. The second-order valence-electron chi connectivity index (χ2n) is 5.70. The van der Waals surface area contributed by atoms with Crippen molar-refractivity contribution < 1.29 is 22.7 Å². The van der Waals surface area contributed by atoms with Crippen molar-refractivity contribution >= 4 is 18.3 Å². The highest BCUT2D eigenvalue weighted by atomic mass is 35.5. The third-order valence-electron chi connectivity index (χ3n) is 4.13. The Morgan fingerprint density at radius 3 is 2.75 bits per heavy atom. The number of benzene rings is 1. The van der Waals surface area contributed by atoms with Crippen LogP contribution in [0.2, 0.25) is 0 Å². The zero-order valence-corrected chi connectivity index (χ0v) is 14.0. The number of nitrogens with two attached hydrogens (primary N) is 1. The smallest absolute Gasteiger partial charge is 0.416 e. The van der Waals surface area contributed by atoms with E-state index in [-0.39, 0.29) is 49.1 Å². The first kappa shape index (κ1) is 20.6. The summed E-state index contributed by atoms with van der Waals surface area (Å²) in [5, 5.41) is 2.76. The standard InChI is InChI=1S/C16H21F3N2O2.ClH/c17-16(18,19)12-4-2-5-13(9-12)23-8-7-21-15(22)14-6-1-3-11(14)10-20;/h2,4-5,9,11,14H,1,3,6-8,10,20H2,(H,21,22);1H/t11-,14-;/m1./s1. The van der Waals surface area contributed by atoms with E-state index >= 15 is 0 Å². The van der Waals surface area contributed by atoms with Crippen molar-refractivity contribution in [3.05, 3.63) is 29.8 Å². The summed E-state index contributed by atoms with van der Waals surface area (Å²) in [4.78, 5) is 12.0. The van der Waals surface area contributed by atoms with Crippen molar-refractivity contribution in [1.29, 1.82) is 0 Å². The molecule has 4 nitrogen and oxygen atoms in total. The molecule has 136 valence electrons. The van der Waals surface area contributed by atoms with Crippen LogP contribution < -0.4 is 15.8 Å². The molecule has 2 rings (SSSR count). The molecule has 1 aliphatic rings. The lowest BCUT2D eigenvalue weighted by Gasteiger charge is -2.17. The van der Waals surface area contributed by atoms with Gasteiger partial charge in [0.15, 0.2) is 0 Å². The zero-order valence-electron chi connectivity index (χ0n) is 13.1. The number of hydrogen-bond donors (Lipinski definition) is 2. The number of carbonyl (C=O) groups is 1. The number of rotatable bonds is 6. The number of carbonyl (C=O) groups excluding carboxylic acids is 1. The molecule has 0 bridgehead atoms. The van der Waals surface area contributed by atoms with Gasteiger partial charge in [-0.15, -0.1) is 12.4 Å². The predicted octanol–water partition coefficient (Wildman–Crippen LogP) is 3.00. The Morgan fingerprint density at radius 1 is 1.33 bits per heavy atom. The fourth-order valence-electron chi connectivity index (χ4n) is 2.90. The molecule has 0 heterocycles. The van der Waals surface area contributed by atoms with Gasteiger partial charge in [-0.2, -0.15) is 13.2 Å². The molecule has 1 amide bonds. The van der Waals surface area contributed by atoms with E-state index in [4.69, 9.17) is 10.5 Å². The molecule has 8 heteroatoms. The molecular weight excluding hydrogens is 345 g/mol. The molecule has 1 aromatic rings. The van der Waals surface area contributed by atoms with Crippen molar-refractivity contribution in [2.75, 3.05) is 19.7 Å². The number of amides is 1. The largest absolute Gasteiger partial charge is 0.492 e. The molecule has 2 atom stereocenters. The number of nitrogens with one attached hydrogen (secondary N) is 1. The van der Waals surface area contributed by atoms with E-state index in [0.29, 0.717) is 6.54 Å². The van der Waals surface area contributed by atoms with E-state index < -0.39 is 11.7 Å². The molecule has 1 fully saturated rings. The Morgan fingerprint density at radius 2 is 2.08 bits per heavy atom. The van der Waals surface area contributed by atoms with E-state index in [9.17, 15) is 18.0 Å². The molecule has 0 radical (unpaired) electrons. The zero-order chi connectivity index (χ0) is 16.9. The highest BCUT2D eigenvalue weighted by Crippen LogP contribution is 2.32. The number of hydrogen-bond acceptors (Lipinski definition) is 3. The number of halogens is 4. The summed E-state index contributed by atoms with van der Waals surface area (Å²) >= 11 is 0. The van der Waals surface area contributed by atoms with Gasteiger partial charge in [-0.3, -0.25) is 4.79 Å². The Hall–Kier alpha value is -1.47. The summed E-state index contributed by atoms with van der Waals surface area (Å²) in [6, 6.07) is 4.69. The molecular formula is C16H22ClF3N2O2. The lowest BCUT2D eigenvalue weighted by Crippen LogP contribution is -2.37. The summed E-state index contributed by atoms with van der Waals surface area (Å²) in [7, 11) is 0. The van der Waals surface area contributed by atoms with E-state index in [0.717, 1.165) is 31.4 Å². The quantitative estimate of drug-likeness (QED) is 0.761. The first-order valence-corrected chi connectivity index (χ1v) is 7.69. The highest BCUT2D eigenvalue weighted by Gasteiger charge is 2.32. The minimum Gasteiger partial charge on any atom is -0.492 e. The molecule has 0 aliphatic heterocycles. The third-order valence-corrected chi connectivity index (χ3v) is 4.13. The summed E-state index contributed by atoms with van der Waals surface area (Å²) in [6.07, 6.45) is -1.59. The third kappa shape index (κ3) is 5.56. The molecule has 3 N–H and O–H groups in total. The normalized spacial score (nSPS) is 20.3. The van der Waals surface area contributed by atoms with Crippen LogP contribution in [0.5, 0.6) is 5.75 Å². The van der Waals surface area contributed by atoms with Crippen LogP contribution in [0.3, 0.4) is 0 Å². The van der Waals surface area contributed by atoms with Gasteiger partial charge in [-0.1, -0.05) is 12.5 Å². The Kier molecular flexibility index (Phi) is 7.83. The first-order valence-electron chi connectivity index (χ1n) is 7.69. The second-order valence-corrected chi connectivity index (χ2v) is 5.70. The SMILES string of the molecule is Cl.NC[C@H]1CCC[C@H]1C(=O)NCCOc1cccc(C(F)(F)F)c1. The van der Waals surface area contributed by atoms with Crippen molar-refractivity contribution in [2.24, 2.45) is 17.6 Å².